The Balaban J connectivity index is 2.13. The minimum Gasteiger partial charge on any atom is -0.496 e. The Kier molecular flexibility index (Phi) is 4.48. The number of rotatable bonds is 4. The maximum absolute atomic E-state index is 12.1. The van der Waals surface area contributed by atoms with Crippen molar-refractivity contribution >= 4 is 28.9 Å². The van der Waals surface area contributed by atoms with Crippen molar-refractivity contribution in [2.75, 3.05) is 18.2 Å². The summed E-state index contributed by atoms with van der Waals surface area (Å²) in [6, 6.07) is 12.5. The van der Waals surface area contributed by atoms with Crippen molar-refractivity contribution in [1.29, 1.82) is 0 Å². The Bertz CT molecular complexity index is 609. The van der Waals surface area contributed by atoms with Crippen molar-refractivity contribution in [2.24, 2.45) is 0 Å². The van der Waals surface area contributed by atoms with Crippen molar-refractivity contribution in [3.05, 3.63) is 53.1 Å². The van der Waals surface area contributed by atoms with Crippen LogP contribution in [0.2, 0.25) is 5.02 Å². The van der Waals surface area contributed by atoms with Gasteiger partial charge in [0.05, 0.1) is 29.9 Å². The van der Waals surface area contributed by atoms with E-state index in [9.17, 15) is 4.79 Å². The molecule has 0 spiro atoms. The number of halogens is 1. The zero-order valence-electron chi connectivity index (χ0n) is 11.0. The first-order valence-electron chi connectivity index (χ1n) is 6.07. The van der Waals surface area contributed by atoms with E-state index in [-0.39, 0.29) is 12.3 Å². The van der Waals surface area contributed by atoms with Gasteiger partial charge in [-0.2, -0.15) is 0 Å². The summed E-state index contributed by atoms with van der Waals surface area (Å²) in [6.07, 6.45) is 0.189. The van der Waals surface area contributed by atoms with Crippen LogP contribution in [0.5, 0.6) is 5.75 Å². The second-order valence-corrected chi connectivity index (χ2v) is 4.65. The summed E-state index contributed by atoms with van der Waals surface area (Å²) in [5, 5.41) is 3.14. The Morgan fingerprint density at radius 2 is 2.00 bits per heavy atom. The van der Waals surface area contributed by atoms with Crippen LogP contribution in [-0.2, 0) is 11.2 Å². The predicted octanol–water partition coefficient (Wildman–Crippen LogP) is 3.11. The lowest BCUT2D eigenvalue weighted by molar-refractivity contribution is -0.115. The number of hydrogen-bond acceptors (Lipinski definition) is 3. The minimum absolute atomic E-state index is 0.189. The molecule has 2 aromatic carbocycles. The van der Waals surface area contributed by atoms with Gasteiger partial charge in [0.2, 0.25) is 5.91 Å². The molecule has 0 radical (unpaired) electrons. The SMILES string of the molecule is COc1ccccc1CC(=O)Nc1c(N)cccc1Cl. The normalized spacial score (nSPS) is 10.1. The summed E-state index contributed by atoms with van der Waals surface area (Å²) in [4.78, 5) is 12.1. The monoisotopic (exact) mass is 290 g/mol. The Hall–Kier alpha value is -2.20. The number of carbonyl (C=O) groups is 1. The Morgan fingerprint density at radius 3 is 2.70 bits per heavy atom. The number of nitrogens with two attached hydrogens (primary N) is 1. The number of hydrogen-bond donors (Lipinski definition) is 2. The van der Waals surface area contributed by atoms with Crippen LogP contribution < -0.4 is 15.8 Å². The van der Waals surface area contributed by atoms with Crippen molar-refractivity contribution in [3.8, 4) is 5.75 Å². The number of nitrogen functional groups attached to an aromatic ring is 1. The first kappa shape index (κ1) is 14.2. The largest absolute Gasteiger partial charge is 0.496 e. The zero-order chi connectivity index (χ0) is 14.5. The van der Waals surface area contributed by atoms with Crippen LogP contribution in [0.1, 0.15) is 5.56 Å². The number of benzene rings is 2. The molecule has 0 atom stereocenters. The number of amides is 1. The predicted molar refractivity (Wildman–Crippen MR) is 81.2 cm³/mol. The van der Waals surface area contributed by atoms with Gasteiger partial charge in [-0.3, -0.25) is 4.79 Å². The molecule has 3 N–H and O–H groups in total. The molecule has 0 saturated heterocycles. The Morgan fingerprint density at radius 1 is 1.25 bits per heavy atom. The summed E-state index contributed by atoms with van der Waals surface area (Å²) in [5.74, 6) is 0.476. The van der Waals surface area contributed by atoms with Crippen LogP contribution in [0.25, 0.3) is 0 Å². The smallest absolute Gasteiger partial charge is 0.229 e. The molecule has 0 aliphatic heterocycles. The highest BCUT2D eigenvalue weighted by atomic mass is 35.5. The van der Waals surface area contributed by atoms with E-state index in [1.54, 1.807) is 25.3 Å². The minimum atomic E-state index is -0.200. The standard InChI is InChI=1S/C15H15ClN2O2/c1-20-13-8-3-2-5-10(13)9-14(19)18-15-11(16)6-4-7-12(15)17/h2-8H,9,17H2,1H3,(H,18,19). The molecule has 0 aliphatic carbocycles. The van der Waals surface area contributed by atoms with Crippen LogP contribution in [0.3, 0.4) is 0 Å². The fraction of sp³-hybridized carbons (Fsp3) is 0.133. The average Bonchev–Trinajstić information content (AvgIpc) is 2.44. The maximum atomic E-state index is 12.1. The second-order valence-electron chi connectivity index (χ2n) is 4.24. The second kappa shape index (κ2) is 6.30. The van der Waals surface area contributed by atoms with E-state index in [2.05, 4.69) is 5.32 Å². The lowest BCUT2D eigenvalue weighted by Crippen LogP contribution is -2.16. The van der Waals surface area contributed by atoms with Crippen molar-refractivity contribution in [3.63, 3.8) is 0 Å². The number of para-hydroxylation sites is 2. The van der Waals surface area contributed by atoms with Gasteiger partial charge >= 0.3 is 0 Å². The number of carbonyl (C=O) groups excluding carboxylic acids is 1. The molecule has 5 heteroatoms. The summed E-state index contributed by atoms with van der Waals surface area (Å²) >= 11 is 6.02. The molecular weight excluding hydrogens is 276 g/mol. The molecule has 0 aromatic heterocycles. The van der Waals surface area contributed by atoms with Crippen molar-refractivity contribution in [2.45, 2.75) is 6.42 Å². The van der Waals surface area contributed by atoms with Crippen LogP contribution >= 0.6 is 11.6 Å². The molecular formula is C15H15ClN2O2. The van der Waals surface area contributed by atoms with E-state index in [0.29, 0.717) is 22.1 Å². The third-order valence-electron chi connectivity index (χ3n) is 2.85. The van der Waals surface area contributed by atoms with Crippen molar-refractivity contribution in [1.82, 2.24) is 0 Å². The van der Waals surface area contributed by atoms with Crippen LogP contribution in [0, 0.1) is 0 Å². The molecule has 0 aliphatic rings. The summed E-state index contributed by atoms with van der Waals surface area (Å²) in [6.45, 7) is 0. The summed E-state index contributed by atoms with van der Waals surface area (Å²) in [7, 11) is 1.57. The number of nitrogens with one attached hydrogen (secondary N) is 1. The lowest BCUT2D eigenvalue weighted by atomic mass is 10.1. The molecule has 0 saturated carbocycles. The fourth-order valence-electron chi connectivity index (χ4n) is 1.88. The number of anilines is 2. The molecule has 104 valence electrons. The molecule has 0 fully saturated rings. The van der Waals surface area contributed by atoms with E-state index >= 15 is 0 Å². The van der Waals surface area contributed by atoms with Gasteiger partial charge < -0.3 is 15.8 Å². The summed E-state index contributed by atoms with van der Waals surface area (Å²) in [5.41, 5.74) is 7.47. The maximum Gasteiger partial charge on any atom is 0.229 e. The Labute approximate surface area is 122 Å². The molecule has 1 amide bonds. The third kappa shape index (κ3) is 3.22. The van der Waals surface area contributed by atoms with E-state index in [1.807, 2.05) is 24.3 Å². The fourth-order valence-corrected chi connectivity index (χ4v) is 2.11. The van der Waals surface area contributed by atoms with Gasteiger partial charge in [0.15, 0.2) is 0 Å². The van der Waals surface area contributed by atoms with Crippen LogP contribution in [0.15, 0.2) is 42.5 Å². The van der Waals surface area contributed by atoms with Gasteiger partial charge in [0, 0.05) is 5.56 Å². The highest BCUT2D eigenvalue weighted by Crippen LogP contribution is 2.28. The molecule has 0 bridgehead atoms. The average molecular weight is 291 g/mol. The van der Waals surface area contributed by atoms with Gasteiger partial charge in [0.25, 0.3) is 0 Å². The number of methoxy groups -OCH3 is 1. The highest BCUT2D eigenvalue weighted by Gasteiger charge is 2.11. The van der Waals surface area contributed by atoms with Crippen molar-refractivity contribution < 1.29 is 9.53 Å². The van der Waals surface area contributed by atoms with Gasteiger partial charge in [0.1, 0.15) is 5.75 Å². The van der Waals surface area contributed by atoms with E-state index in [0.717, 1.165) is 5.56 Å². The summed E-state index contributed by atoms with van der Waals surface area (Å²) < 4.78 is 5.21. The van der Waals surface area contributed by atoms with Crippen LogP contribution in [-0.4, -0.2) is 13.0 Å². The van der Waals surface area contributed by atoms with Gasteiger partial charge in [-0.1, -0.05) is 35.9 Å². The van der Waals surface area contributed by atoms with Gasteiger partial charge in [-0.25, -0.2) is 0 Å². The zero-order valence-corrected chi connectivity index (χ0v) is 11.8. The van der Waals surface area contributed by atoms with Gasteiger partial charge in [-0.05, 0) is 18.2 Å². The molecule has 20 heavy (non-hydrogen) atoms. The molecule has 2 aromatic rings. The van der Waals surface area contributed by atoms with E-state index < -0.39 is 0 Å². The van der Waals surface area contributed by atoms with E-state index in [4.69, 9.17) is 22.1 Å². The molecule has 0 heterocycles. The van der Waals surface area contributed by atoms with Gasteiger partial charge in [-0.15, -0.1) is 0 Å². The quantitative estimate of drug-likeness (QED) is 0.850. The lowest BCUT2D eigenvalue weighted by Gasteiger charge is -2.11. The first-order chi connectivity index (χ1) is 9.61. The molecule has 2 rings (SSSR count). The van der Waals surface area contributed by atoms with Crippen LogP contribution in [0.4, 0.5) is 11.4 Å². The highest BCUT2D eigenvalue weighted by molar-refractivity contribution is 6.34. The first-order valence-corrected chi connectivity index (χ1v) is 6.45. The third-order valence-corrected chi connectivity index (χ3v) is 3.17. The van der Waals surface area contributed by atoms with E-state index in [1.165, 1.54) is 0 Å². The number of ether oxygens (including phenoxy) is 1. The molecule has 4 nitrogen and oxygen atoms in total. The topological polar surface area (TPSA) is 64.3 Å². The molecule has 0 unspecified atom stereocenters.